The summed E-state index contributed by atoms with van der Waals surface area (Å²) in [5.74, 6) is 1.72. The Kier molecular flexibility index (Phi) is 8.42. The number of hydrogen-bond donors (Lipinski definition) is 0. The molecule has 12 aromatic rings. The van der Waals surface area contributed by atoms with Crippen LogP contribution in [0.15, 0.2) is 223 Å². The van der Waals surface area contributed by atoms with E-state index < -0.39 is 0 Å². The van der Waals surface area contributed by atoms with E-state index in [1.807, 2.05) is 12.1 Å². The molecular weight excluding hydrogens is 757 g/mol. The molecule has 0 saturated heterocycles. The normalized spacial score (nSPS) is 11.5. The maximum atomic E-state index is 6.92. The van der Waals surface area contributed by atoms with Gasteiger partial charge in [-0.2, -0.15) is 0 Å². The second-order valence-electron chi connectivity index (χ2n) is 15.6. The first-order valence-corrected chi connectivity index (χ1v) is 20.8. The van der Waals surface area contributed by atoms with Crippen molar-refractivity contribution in [1.82, 2.24) is 19.5 Å². The average molecular weight is 793 g/mol. The first-order valence-electron chi connectivity index (χ1n) is 20.8. The van der Waals surface area contributed by atoms with Crippen molar-refractivity contribution in [2.75, 3.05) is 0 Å². The van der Waals surface area contributed by atoms with Crippen molar-refractivity contribution in [3.63, 3.8) is 0 Å². The fourth-order valence-electron chi connectivity index (χ4n) is 8.86. The Balaban J connectivity index is 1.04. The molecule has 0 bridgehead atoms. The molecule has 0 radical (unpaired) electrons. The highest BCUT2D eigenvalue weighted by Crippen LogP contribution is 2.43. The van der Waals surface area contributed by atoms with Gasteiger partial charge in [-0.05, 0) is 69.8 Å². The number of aromatic nitrogens is 4. The SMILES string of the molecule is c1ccc(-c2ccc(-c3nc(-c4ccc(-c5ccccc5)cc4)nc(-c4cccc5c4oc4ccc6c7ccccc7n(-c7ccc(-c8ccccc8)cc7)c6c45)n3)cc2)cc1. The Morgan fingerprint density at radius 1 is 0.323 bits per heavy atom. The summed E-state index contributed by atoms with van der Waals surface area (Å²) in [7, 11) is 0. The lowest BCUT2D eigenvalue weighted by Gasteiger charge is -2.10. The molecule has 0 unspecified atom stereocenters. The molecular formula is C57H36N4O. The zero-order valence-corrected chi connectivity index (χ0v) is 33.5. The number of hydrogen-bond acceptors (Lipinski definition) is 4. The fraction of sp³-hybridized carbons (Fsp3) is 0. The lowest BCUT2D eigenvalue weighted by atomic mass is 10.0. The van der Waals surface area contributed by atoms with Crippen molar-refractivity contribution in [2.45, 2.75) is 0 Å². The van der Waals surface area contributed by atoms with Crippen molar-refractivity contribution in [2.24, 2.45) is 0 Å². The predicted octanol–water partition coefficient (Wildman–Crippen LogP) is 14.9. The Hall–Kier alpha value is -8.41. The summed E-state index contributed by atoms with van der Waals surface area (Å²) in [5.41, 5.74) is 14.4. The second-order valence-corrected chi connectivity index (χ2v) is 15.6. The molecule has 0 N–H and O–H groups in total. The molecule has 5 heteroatoms. The van der Waals surface area contributed by atoms with Crippen LogP contribution in [0.25, 0.3) is 117 Å². The summed E-state index contributed by atoms with van der Waals surface area (Å²) in [6.45, 7) is 0. The zero-order valence-electron chi connectivity index (χ0n) is 33.5. The van der Waals surface area contributed by atoms with E-state index in [4.69, 9.17) is 19.4 Å². The Labute approximate surface area is 357 Å². The predicted molar refractivity (Wildman–Crippen MR) is 254 cm³/mol. The first-order chi connectivity index (χ1) is 30.7. The maximum Gasteiger partial charge on any atom is 0.167 e. The van der Waals surface area contributed by atoms with E-state index >= 15 is 0 Å². The molecule has 0 fully saturated rings. The van der Waals surface area contributed by atoms with Crippen LogP contribution < -0.4 is 0 Å². The van der Waals surface area contributed by atoms with E-state index in [1.165, 1.54) is 16.5 Å². The van der Waals surface area contributed by atoms with Crippen LogP contribution in [0.1, 0.15) is 0 Å². The van der Waals surface area contributed by atoms with Crippen molar-refractivity contribution in [3.8, 4) is 73.2 Å². The third-order valence-electron chi connectivity index (χ3n) is 11.9. The Morgan fingerprint density at radius 2 is 0.774 bits per heavy atom. The summed E-state index contributed by atoms with van der Waals surface area (Å²) in [6, 6.07) is 76.2. The van der Waals surface area contributed by atoms with Gasteiger partial charge in [0.2, 0.25) is 0 Å². The minimum absolute atomic E-state index is 0.544. The third kappa shape index (κ3) is 6.06. The molecule has 0 aliphatic carbocycles. The van der Waals surface area contributed by atoms with Crippen LogP contribution in [-0.4, -0.2) is 19.5 Å². The highest BCUT2D eigenvalue weighted by Gasteiger charge is 2.22. The van der Waals surface area contributed by atoms with Crippen LogP contribution in [0.4, 0.5) is 0 Å². The van der Waals surface area contributed by atoms with Gasteiger partial charge in [-0.25, -0.2) is 15.0 Å². The van der Waals surface area contributed by atoms with Gasteiger partial charge in [0.15, 0.2) is 17.5 Å². The summed E-state index contributed by atoms with van der Waals surface area (Å²) in [5, 5.41) is 4.39. The van der Waals surface area contributed by atoms with Gasteiger partial charge in [-0.1, -0.05) is 182 Å². The molecule has 5 nitrogen and oxygen atoms in total. The van der Waals surface area contributed by atoms with Crippen LogP contribution in [0, 0.1) is 0 Å². The van der Waals surface area contributed by atoms with Crippen LogP contribution in [-0.2, 0) is 0 Å². The number of rotatable bonds is 7. The molecule has 12 rings (SSSR count). The summed E-state index contributed by atoms with van der Waals surface area (Å²) in [6.07, 6.45) is 0. The highest BCUT2D eigenvalue weighted by atomic mass is 16.3. The largest absolute Gasteiger partial charge is 0.455 e. The molecule has 3 aromatic heterocycles. The molecule has 0 spiro atoms. The van der Waals surface area contributed by atoms with E-state index in [0.717, 1.165) is 83.0 Å². The minimum atomic E-state index is 0.544. The quantitative estimate of drug-likeness (QED) is 0.161. The van der Waals surface area contributed by atoms with E-state index in [2.05, 4.69) is 211 Å². The van der Waals surface area contributed by atoms with Crippen molar-refractivity contribution in [3.05, 3.63) is 218 Å². The van der Waals surface area contributed by atoms with Crippen molar-refractivity contribution in [1.29, 1.82) is 0 Å². The molecule has 0 aliphatic heterocycles. The topological polar surface area (TPSA) is 56.7 Å². The monoisotopic (exact) mass is 792 g/mol. The van der Waals surface area contributed by atoms with E-state index in [1.54, 1.807) is 0 Å². The number of benzene rings is 9. The Bertz CT molecular complexity index is 3480. The molecule has 0 aliphatic rings. The van der Waals surface area contributed by atoms with Crippen molar-refractivity contribution < 1.29 is 4.42 Å². The molecule has 62 heavy (non-hydrogen) atoms. The number of furan rings is 1. The molecule has 0 atom stereocenters. The fourth-order valence-corrected chi connectivity index (χ4v) is 8.86. The smallest absolute Gasteiger partial charge is 0.167 e. The lowest BCUT2D eigenvalue weighted by molar-refractivity contribution is 0.669. The van der Waals surface area contributed by atoms with E-state index in [0.29, 0.717) is 17.5 Å². The first kappa shape index (κ1) is 35.5. The molecule has 0 saturated carbocycles. The number of para-hydroxylation sites is 2. The van der Waals surface area contributed by atoms with Gasteiger partial charge in [0.25, 0.3) is 0 Å². The van der Waals surface area contributed by atoms with Crippen LogP contribution in [0.5, 0.6) is 0 Å². The van der Waals surface area contributed by atoms with Crippen LogP contribution in [0.2, 0.25) is 0 Å². The number of fused-ring (bicyclic) bond motifs is 7. The molecule has 9 aromatic carbocycles. The van der Waals surface area contributed by atoms with Gasteiger partial charge in [0.1, 0.15) is 11.2 Å². The van der Waals surface area contributed by atoms with Gasteiger partial charge in [-0.3, -0.25) is 0 Å². The lowest BCUT2D eigenvalue weighted by Crippen LogP contribution is -2.00. The molecule has 0 amide bonds. The summed E-state index contributed by atoms with van der Waals surface area (Å²) >= 11 is 0. The van der Waals surface area contributed by atoms with Gasteiger partial charge < -0.3 is 8.98 Å². The molecule has 290 valence electrons. The number of nitrogens with zero attached hydrogens (tertiary/aromatic N) is 4. The van der Waals surface area contributed by atoms with Gasteiger partial charge in [0, 0.05) is 33.0 Å². The minimum Gasteiger partial charge on any atom is -0.455 e. The van der Waals surface area contributed by atoms with E-state index in [9.17, 15) is 0 Å². The van der Waals surface area contributed by atoms with E-state index in [-0.39, 0.29) is 0 Å². The standard InChI is InChI=1S/C57H36N4O/c1-4-13-37(14-5-1)40-23-27-43(28-24-40)55-58-56(44-29-25-41(26-30-44)38-15-6-2-7-16-38)60-57(59-55)49-21-12-20-48-52-51(62-54(48)49)36-35-47-46-19-10-11-22-50(46)61(53(47)52)45-33-31-42(32-34-45)39-17-8-3-9-18-39/h1-36H. The Morgan fingerprint density at radius 3 is 1.34 bits per heavy atom. The van der Waals surface area contributed by atoms with Crippen LogP contribution in [0.3, 0.4) is 0 Å². The van der Waals surface area contributed by atoms with Crippen LogP contribution >= 0.6 is 0 Å². The maximum absolute atomic E-state index is 6.92. The average Bonchev–Trinajstić information content (AvgIpc) is 3.91. The highest BCUT2D eigenvalue weighted by molar-refractivity contribution is 6.25. The summed E-state index contributed by atoms with van der Waals surface area (Å²) < 4.78 is 9.29. The van der Waals surface area contributed by atoms with Crippen molar-refractivity contribution >= 4 is 43.7 Å². The zero-order chi connectivity index (χ0) is 41.0. The van der Waals surface area contributed by atoms with Gasteiger partial charge in [0.05, 0.1) is 22.0 Å². The van der Waals surface area contributed by atoms with Gasteiger partial charge >= 0.3 is 0 Å². The third-order valence-corrected chi connectivity index (χ3v) is 11.9. The summed E-state index contributed by atoms with van der Waals surface area (Å²) in [4.78, 5) is 15.5. The molecule has 3 heterocycles. The second kappa shape index (κ2) is 14.7. The van der Waals surface area contributed by atoms with Gasteiger partial charge in [-0.15, -0.1) is 0 Å².